The van der Waals surface area contributed by atoms with E-state index in [0.29, 0.717) is 5.75 Å². The molecule has 1 fully saturated rings. The maximum atomic E-state index is 11.8. The molecule has 0 aliphatic heterocycles. The molecule has 0 amide bonds. The fourth-order valence-corrected chi connectivity index (χ4v) is 6.15. The van der Waals surface area contributed by atoms with Crippen LogP contribution in [0.15, 0.2) is 35.4 Å². The topological polar surface area (TPSA) is 66.3 Å². The first kappa shape index (κ1) is 23.0. The summed E-state index contributed by atoms with van der Waals surface area (Å²) >= 11 is 0. The first-order chi connectivity index (χ1) is 13.8. The molecule has 1 aromatic rings. The molecule has 160 valence electrons. The van der Waals surface area contributed by atoms with Gasteiger partial charge in [-0.05, 0) is 31.0 Å². The molecule has 0 unspecified atom stereocenters. The third-order valence-electron chi connectivity index (χ3n) is 5.54. The van der Waals surface area contributed by atoms with E-state index < -0.39 is 14.0 Å². The molecule has 1 aliphatic rings. The van der Waals surface area contributed by atoms with Gasteiger partial charge in [0.25, 0.3) is 0 Å². The van der Waals surface area contributed by atoms with Gasteiger partial charge in [-0.2, -0.15) is 0 Å². The minimum Gasteiger partial charge on any atom is -0.500 e. The average molecular weight is 420 g/mol. The van der Waals surface area contributed by atoms with E-state index in [-0.39, 0.29) is 5.76 Å². The van der Waals surface area contributed by atoms with Gasteiger partial charge in [0.05, 0.1) is 28.0 Å². The molecule has 29 heavy (non-hydrogen) atoms. The lowest BCUT2D eigenvalue weighted by Gasteiger charge is -2.27. The highest BCUT2D eigenvalue weighted by Crippen LogP contribution is 2.38. The van der Waals surface area contributed by atoms with Crippen molar-refractivity contribution >= 4 is 19.8 Å². The molecule has 1 aliphatic carbocycles. The fraction of sp³-hybridized carbons (Fsp3) is 0.545. The van der Waals surface area contributed by atoms with Gasteiger partial charge >= 0.3 is 5.97 Å². The van der Waals surface area contributed by atoms with E-state index in [1.54, 1.807) is 0 Å². The highest BCUT2D eigenvalue weighted by atomic mass is 28.3. The van der Waals surface area contributed by atoms with Crippen molar-refractivity contribution < 1.29 is 23.8 Å². The third kappa shape index (κ3) is 6.35. The lowest BCUT2D eigenvalue weighted by molar-refractivity contribution is -0.138. The summed E-state index contributed by atoms with van der Waals surface area (Å²) < 4.78 is 15.4. The molecule has 0 saturated heterocycles. The van der Waals surface area contributed by atoms with Crippen LogP contribution < -0.4 is 4.74 Å². The molecule has 2 rings (SSSR count). The number of hydrogen-bond donors (Lipinski definition) is 0. The minimum atomic E-state index is -1.43. The highest BCUT2D eigenvalue weighted by Gasteiger charge is 2.34. The fourth-order valence-electron chi connectivity index (χ4n) is 3.55. The van der Waals surface area contributed by atoms with E-state index in [1.165, 1.54) is 46.2 Å². The number of carbonyl (C=O) groups is 1. The molecule has 0 atom stereocenters. The molecule has 0 spiro atoms. The highest BCUT2D eigenvalue weighted by molar-refractivity contribution is 6.78. The Morgan fingerprint density at radius 2 is 1.93 bits per heavy atom. The number of ether oxygens (including phenoxy) is 3. The molecular weight excluding hydrogens is 386 g/mol. The first-order valence-corrected chi connectivity index (χ1v) is 13.3. The van der Waals surface area contributed by atoms with Gasteiger partial charge in [0.15, 0.2) is 0 Å². The summed E-state index contributed by atoms with van der Waals surface area (Å²) in [4.78, 5) is 17.6. The first-order valence-electron chi connectivity index (χ1n) is 10.0. The van der Waals surface area contributed by atoms with Crippen LogP contribution >= 0.6 is 0 Å². The van der Waals surface area contributed by atoms with Crippen LogP contribution in [0.3, 0.4) is 0 Å². The minimum absolute atomic E-state index is 0.0228. The van der Waals surface area contributed by atoms with E-state index in [4.69, 9.17) is 19.0 Å². The van der Waals surface area contributed by atoms with Crippen LogP contribution in [0, 0.1) is 6.92 Å². The van der Waals surface area contributed by atoms with Crippen molar-refractivity contribution in [2.75, 3.05) is 20.4 Å². The molecule has 1 aromatic carbocycles. The second-order valence-corrected chi connectivity index (χ2v) is 13.3. The Hall–Kier alpha value is -2.28. The summed E-state index contributed by atoms with van der Waals surface area (Å²) in [5.74, 6) is -0.0960. The predicted octanol–water partition coefficient (Wildman–Crippen LogP) is 4.97. The number of carbonyl (C=O) groups excluding carboxylic acids is 1. The Labute approximate surface area is 174 Å². The van der Waals surface area contributed by atoms with Gasteiger partial charge in [-0.15, -0.1) is 0 Å². The van der Waals surface area contributed by atoms with E-state index >= 15 is 0 Å². The van der Waals surface area contributed by atoms with Crippen LogP contribution in [-0.2, 0) is 19.1 Å². The zero-order chi connectivity index (χ0) is 21.4. The summed E-state index contributed by atoms with van der Waals surface area (Å²) in [6.45, 7) is 8.59. The summed E-state index contributed by atoms with van der Waals surface area (Å²) in [7, 11) is 1.31. The molecule has 0 aromatic heterocycles. The van der Waals surface area contributed by atoms with Crippen molar-refractivity contribution in [2.24, 2.45) is 5.16 Å². The van der Waals surface area contributed by atoms with Crippen molar-refractivity contribution in [3.05, 3.63) is 41.3 Å². The maximum absolute atomic E-state index is 11.8. The Kier molecular flexibility index (Phi) is 8.31. The molecule has 0 heterocycles. The summed E-state index contributed by atoms with van der Waals surface area (Å²) in [6, 6.07) is 5.72. The molecule has 0 N–H and O–H groups in total. The Balaban J connectivity index is 2.09. The smallest absolute Gasteiger partial charge is 0.377 e. The van der Waals surface area contributed by atoms with E-state index in [9.17, 15) is 4.79 Å². The average Bonchev–Trinajstić information content (AvgIpc) is 3.24. The van der Waals surface area contributed by atoms with Crippen LogP contribution in [0.2, 0.25) is 18.6 Å². The van der Waals surface area contributed by atoms with Crippen molar-refractivity contribution in [1.29, 1.82) is 0 Å². The maximum Gasteiger partial charge on any atom is 0.377 e. The third-order valence-corrected chi connectivity index (χ3v) is 9.20. The Bertz CT molecular complexity index is 766. The lowest BCUT2D eigenvalue weighted by atomic mass is 10.1. The van der Waals surface area contributed by atoms with E-state index in [2.05, 4.69) is 18.2 Å². The molecule has 6 nitrogen and oxygen atoms in total. The number of esters is 1. The van der Waals surface area contributed by atoms with Crippen LogP contribution in [0.25, 0.3) is 0 Å². The van der Waals surface area contributed by atoms with Gasteiger partial charge < -0.3 is 19.0 Å². The number of oxime groups is 1. The quantitative estimate of drug-likeness (QED) is 0.141. The van der Waals surface area contributed by atoms with Gasteiger partial charge in [-0.1, -0.05) is 56.1 Å². The number of rotatable bonds is 9. The largest absolute Gasteiger partial charge is 0.500 e. The van der Waals surface area contributed by atoms with E-state index in [1.807, 2.05) is 32.0 Å². The zero-order valence-corrected chi connectivity index (χ0v) is 19.4. The number of benzene rings is 1. The summed E-state index contributed by atoms with van der Waals surface area (Å²) in [5, 5.41) is 4.35. The number of hydrogen-bond acceptors (Lipinski definition) is 6. The van der Waals surface area contributed by atoms with Crippen molar-refractivity contribution in [3.8, 4) is 5.75 Å². The number of nitrogens with zero attached hydrogens (tertiary/aromatic N) is 1. The van der Waals surface area contributed by atoms with Crippen LogP contribution in [0.1, 0.15) is 43.7 Å². The second kappa shape index (κ2) is 10.5. The second-order valence-electron chi connectivity index (χ2n) is 8.21. The van der Waals surface area contributed by atoms with Crippen LogP contribution in [0.5, 0.6) is 5.75 Å². The summed E-state index contributed by atoms with van der Waals surface area (Å²) in [6.07, 6.45) is 7.31. The van der Waals surface area contributed by atoms with Crippen molar-refractivity contribution in [3.63, 3.8) is 0 Å². The van der Waals surface area contributed by atoms with Crippen molar-refractivity contribution in [2.45, 2.75) is 58.2 Å². The molecule has 0 bridgehead atoms. The zero-order valence-electron chi connectivity index (χ0n) is 18.4. The van der Waals surface area contributed by atoms with Gasteiger partial charge in [0, 0.05) is 5.56 Å². The van der Waals surface area contributed by atoms with Crippen molar-refractivity contribution in [1.82, 2.24) is 0 Å². The normalized spacial score (nSPS) is 15.9. The van der Waals surface area contributed by atoms with Gasteiger partial charge in [-0.25, -0.2) is 4.79 Å². The molecule has 7 heteroatoms. The summed E-state index contributed by atoms with van der Waals surface area (Å²) in [5.41, 5.74) is 3.35. The lowest BCUT2D eigenvalue weighted by Crippen LogP contribution is -2.37. The molecule has 0 radical (unpaired) electrons. The Morgan fingerprint density at radius 3 is 2.55 bits per heavy atom. The number of aryl methyl sites for hydroxylation is 1. The number of methoxy groups -OCH3 is 2. The van der Waals surface area contributed by atoms with Gasteiger partial charge in [0.1, 0.15) is 18.2 Å². The monoisotopic (exact) mass is 419 g/mol. The Morgan fingerprint density at radius 1 is 1.24 bits per heavy atom. The van der Waals surface area contributed by atoms with Gasteiger partial charge in [0.2, 0.25) is 5.76 Å². The van der Waals surface area contributed by atoms with Crippen LogP contribution in [0.4, 0.5) is 0 Å². The van der Waals surface area contributed by atoms with Crippen LogP contribution in [-0.4, -0.2) is 40.2 Å². The predicted molar refractivity (Wildman–Crippen MR) is 117 cm³/mol. The van der Waals surface area contributed by atoms with Gasteiger partial charge in [-0.3, -0.25) is 0 Å². The SMILES string of the molecule is COC=C(Oc1cc(C(C)=NOC[Si](C)(C)C2CCCC2)ccc1C)C(=O)OC. The van der Waals surface area contributed by atoms with E-state index in [0.717, 1.165) is 28.6 Å². The standard InChI is InChI=1S/C22H33NO5Si/c1-16-11-12-18(13-20(16)28-21(14-25-3)22(24)26-4)17(2)23-27-15-29(5,6)19-9-7-8-10-19/h11-14,19H,7-10,15H2,1-6H3. The molecular formula is C22H33NO5Si. The molecule has 1 saturated carbocycles.